The second kappa shape index (κ2) is 4.49. The molecule has 0 bridgehead atoms. The number of hydrogen-bond donors (Lipinski definition) is 1. The first-order valence-corrected chi connectivity index (χ1v) is 4.78. The van der Waals surface area contributed by atoms with E-state index >= 15 is 0 Å². The van der Waals surface area contributed by atoms with Gasteiger partial charge in [0.2, 0.25) is 0 Å². The molecule has 1 atom stereocenters. The van der Waals surface area contributed by atoms with Gasteiger partial charge in [0.1, 0.15) is 5.82 Å². The van der Waals surface area contributed by atoms with Crippen molar-refractivity contribution in [3.05, 3.63) is 34.1 Å². The highest BCUT2D eigenvalue weighted by Gasteiger charge is 2.38. The van der Waals surface area contributed by atoms with Gasteiger partial charge in [0.15, 0.2) is 6.10 Å². The monoisotopic (exact) mass is 286 g/mol. The summed E-state index contributed by atoms with van der Waals surface area (Å²) in [5, 5.41) is 8.75. The van der Waals surface area contributed by atoms with E-state index in [0.717, 1.165) is 6.07 Å². The molecule has 1 aromatic carbocycles. The molecule has 0 unspecified atom stereocenters. The molecule has 15 heavy (non-hydrogen) atoms. The van der Waals surface area contributed by atoms with Gasteiger partial charge in [-0.05, 0) is 23.8 Å². The van der Waals surface area contributed by atoms with E-state index < -0.39 is 24.5 Å². The summed E-state index contributed by atoms with van der Waals surface area (Å²) in [5.41, 5.74) is -0.172. The Morgan fingerprint density at radius 2 is 1.93 bits per heavy atom. The van der Waals surface area contributed by atoms with Gasteiger partial charge in [-0.3, -0.25) is 0 Å². The average Bonchev–Trinajstić information content (AvgIpc) is 2.09. The van der Waals surface area contributed by atoms with Crippen molar-refractivity contribution in [2.45, 2.75) is 18.7 Å². The first-order chi connectivity index (χ1) is 6.80. The first-order valence-electron chi connectivity index (χ1n) is 3.99. The summed E-state index contributed by atoms with van der Waals surface area (Å²) in [6, 6.07) is 3.63. The molecular formula is C9H7BrF4O. The van der Waals surface area contributed by atoms with Crippen molar-refractivity contribution in [3.63, 3.8) is 0 Å². The van der Waals surface area contributed by atoms with Crippen LogP contribution in [-0.2, 0) is 6.42 Å². The minimum Gasteiger partial charge on any atom is -0.383 e. The SMILES string of the molecule is O[C@@H](Cc1cc(Br)ccc1F)C(F)(F)F. The lowest BCUT2D eigenvalue weighted by molar-refractivity contribution is -0.203. The maximum absolute atomic E-state index is 13.0. The highest BCUT2D eigenvalue weighted by atomic mass is 79.9. The van der Waals surface area contributed by atoms with Crippen molar-refractivity contribution in [2.24, 2.45) is 0 Å². The van der Waals surface area contributed by atoms with Crippen LogP contribution in [0.3, 0.4) is 0 Å². The summed E-state index contributed by atoms with van der Waals surface area (Å²) in [4.78, 5) is 0. The molecule has 0 fully saturated rings. The summed E-state index contributed by atoms with van der Waals surface area (Å²) < 4.78 is 49.4. The lowest BCUT2D eigenvalue weighted by atomic mass is 10.1. The van der Waals surface area contributed by atoms with Gasteiger partial charge in [-0.1, -0.05) is 15.9 Å². The molecule has 0 radical (unpaired) electrons. The van der Waals surface area contributed by atoms with Crippen LogP contribution in [0.1, 0.15) is 5.56 Å². The zero-order valence-electron chi connectivity index (χ0n) is 7.35. The lowest BCUT2D eigenvalue weighted by Crippen LogP contribution is -2.30. The van der Waals surface area contributed by atoms with Gasteiger partial charge in [-0.25, -0.2) is 4.39 Å². The molecule has 0 amide bonds. The van der Waals surface area contributed by atoms with E-state index in [1.165, 1.54) is 12.1 Å². The Morgan fingerprint density at radius 3 is 2.47 bits per heavy atom. The van der Waals surface area contributed by atoms with Crippen LogP contribution in [0.5, 0.6) is 0 Å². The third-order valence-corrected chi connectivity index (χ3v) is 2.29. The predicted octanol–water partition coefficient (Wildman–Crippen LogP) is 3.05. The third kappa shape index (κ3) is 3.46. The molecule has 6 heteroatoms. The van der Waals surface area contributed by atoms with Crippen LogP contribution in [0.15, 0.2) is 22.7 Å². The Labute approximate surface area is 91.9 Å². The number of hydrogen-bond acceptors (Lipinski definition) is 1. The Hall–Kier alpha value is -0.620. The average molecular weight is 287 g/mol. The molecule has 0 aliphatic carbocycles. The molecule has 1 nitrogen and oxygen atoms in total. The van der Waals surface area contributed by atoms with Crippen LogP contribution in [0.4, 0.5) is 17.6 Å². The molecule has 1 aromatic rings. The van der Waals surface area contributed by atoms with Crippen LogP contribution in [0.25, 0.3) is 0 Å². The van der Waals surface area contributed by atoms with E-state index in [4.69, 9.17) is 5.11 Å². The van der Waals surface area contributed by atoms with Crippen molar-refractivity contribution in [2.75, 3.05) is 0 Å². The number of aliphatic hydroxyl groups is 1. The Morgan fingerprint density at radius 1 is 1.33 bits per heavy atom. The van der Waals surface area contributed by atoms with E-state index in [2.05, 4.69) is 15.9 Å². The van der Waals surface area contributed by atoms with Gasteiger partial charge in [-0.15, -0.1) is 0 Å². The highest BCUT2D eigenvalue weighted by molar-refractivity contribution is 9.10. The summed E-state index contributed by atoms with van der Waals surface area (Å²) in [5.74, 6) is -0.762. The van der Waals surface area contributed by atoms with Crippen LogP contribution < -0.4 is 0 Å². The standard InChI is InChI=1S/C9H7BrF4O/c10-6-1-2-7(11)5(3-6)4-8(15)9(12,13)14/h1-3,8,15H,4H2/t8-/m0/s1. The van der Waals surface area contributed by atoms with Gasteiger partial charge < -0.3 is 5.11 Å². The normalized spacial score (nSPS) is 14.0. The minimum absolute atomic E-state index is 0.172. The van der Waals surface area contributed by atoms with E-state index in [9.17, 15) is 17.6 Å². The Kier molecular flexibility index (Phi) is 3.72. The predicted molar refractivity (Wildman–Crippen MR) is 49.9 cm³/mol. The number of alkyl halides is 3. The molecule has 0 saturated carbocycles. The summed E-state index contributed by atoms with van der Waals surface area (Å²) in [6.45, 7) is 0. The first kappa shape index (κ1) is 12.4. The van der Waals surface area contributed by atoms with Gasteiger partial charge in [0.05, 0.1) is 0 Å². The van der Waals surface area contributed by atoms with Crippen molar-refractivity contribution < 1.29 is 22.7 Å². The van der Waals surface area contributed by atoms with E-state index in [0.29, 0.717) is 4.47 Å². The second-order valence-electron chi connectivity index (χ2n) is 3.00. The van der Waals surface area contributed by atoms with Gasteiger partial charge in [0, 0.05) is 10.9 Å². The highest BCUT2D eigenvalue weighted by Crippen LogP contribution is 2.25. The topological polar surface area (TPSA) is 20.2 Å². The molecular weight excluding hydrogens is 280 g/mol. The van der Waals surface area contributed by atoms with Crippen molar-refractivity contribution in [1.82, 2.24) is 0 Å². The smallest absolute Gasteiger partial charge is 0.383 e. The summed E-state index contributed by atoms with van der Waals surface area (Å²) >= 11 is 3.01. The number of halogens is 5. The largest absolute Gasteiger partial charge is 0.414 e. The number of aliphatic hydroxyl groups excluding tert-OH is 1. The van der Waals surface area contributed by atoms with Crippen molar-refractivity contribution >= 4 is 15.9 Å². The van der Waals surface area contributed by atoms with Crippen LogP contribution in [0.2, 0.25) is 0 Å². The quantitative estimate of drug-likeness (QED) is 0.829. The summed E-state index contributed by atoms with van der Waals surface area (Å²) in [7, 11) is 0. The van der Waals surface area contributed by atoms with E-state index in [-0.39, 0.29) is 5.56 Å². The fraction of sp³-hybridized carbons (Fsp3) is 0.333. The van der Waals surface area contributed by atoms with Gasteiger partial charge in [0.25, 0.3) is 0 Å². The molecule has 0 aromatic heterocycles. The zero-order chi connectivity index (χ0) is 11.6. The lowest BCUT2D eigenvalue weighted by Gasteiger charge is -2.14. The number of rotatable bonds is 2. The van der Waals surface area contributed by atoms with Gasteiger partial charge in [-0.2, -0.15) is 13.2 Å². The molecule has 1 N–H and O–H groups in total. The maximum atomic E-state index is 13.0. The number of benzene rings is 1. The molecule has 0 saturated heterocycles. The molecule has 0 aliphatic rings. The summed E-state index contributed by atoms with van der Waals surface area (Å²) in [6.07, 6.45) is -8.05. The van der Waals surface area contributed by atoms with E-state index in [1.54, 1.807) is 0 Å². The molecule has 84 valence electrons. The molecule has 0 spiro atoms. The van der Waals surface area contributed by atoms with Crippen molar-refractivity contribution in [3.8, 4) is 0 Å². The minimum atomic E-state index is -4.73. The maximum Gasteiger partial charge on any atom is 0.414 e. The fourth-order valence-electron chi connectivity index (χ4n) is 1.02. The third-order valence-electron chi connectivity index (χ3n) is 1.80. The second-order valence-corrected chi connectivity index (χ2v) is 3.91. The Bertz CT molecular complexity index is 350. The van der Waals surface area contributed by atoms with E-state index in [1.807, 2.05) is 0 Å². The molecule has 0 heterocycles. The zero-order valence-corrected chi connectivity index (χ0v) is 8.94. The van der Waals surface area contributed by atoms with Crippen LogP contribution in [-0.4, -0.2) is 17.4 Å². The van der Waals surface area contributed by atoms with Gasteiger partial charge >= 0.3 is 6.18 Å². The fourth-order valence-corrected chi connectivity index (χ4v) is 1.43. The Balaban J connectivity index is 2.85. The van der Waals surface area contributed by atoms with Crippen LogP contribution >= 0.6 is 15.9 Å². The molecule has 0 aliphatic heterocycles. The van der Waals surface area contributed by atoms with Crippen LogP contribution in [0, 0.1) is 5.82 Å². The molecule has 1 rings (SSSR count). The van der Waals surface area contributed by atoms with Crippen molar-refractivity contribution in [1.29, 1.82) is 0 Å².